The summed E-state index contributed by atoms with van der Waals surface area (Å²) in [5, 5.41) is 2.90. The predicted octanol–water partition coefficient (Wildman–Crippen LogP) is 1.58. The molecule has 2 heterocycles. The number of nitrogens with zero attached hydrogens (tertiary/aromatic N) is 2. The maximum absolute atomic E-state index is 11.8. The van der Waals surface area contributed by atoms with E-state index in [1.165, 1.54) is 0 Å². The molecule has 1 amide bonds. The number of rotatable bonds is 6. The van der Waals surface area contributed by atoms with Gasteiger partial charge in [0.2, 0.25) is 5.91 Å². The van der Waals surface area contributed by atoms with Crippen LogP contribution in [0.4, 0.5) is 0 Å². The fourth-order valence-electron chi connectivity index (χ4n) is 2.20. The Bertz CT molecular complexity index is 684. The Balaban J connectivity index is 1.44. The van der Waals surface area contributed by atoms with E-state index in [9.17, 15) is 4.79 Å². The van der Waals surface area contributed by atoms with Gasteiger partial charge < -0.3 is 15.3 Å². The molecule has 1 aromatic carbocycles. The van der Waals surface area contributed by atoms with E-state index in [-0.39, 0.29) is 5.91 Å². The number of para-hydroxylation sites is 2. The monoisotopic (exact) mass is 283 g/mol. The lowest BCUT2D eigenvalue weighted by molar-refractivity contribution is -0.121. The minimum atomic E-state index is 0.0370. The Morgan fingerprint density at radius 3 is 2.95 bits per heavy atom. The van der Waals surface area contributed by atoms with Gasteiger partial charge in [0.1, 0.15) is 5.82 Å². The van der Waals surface area contributed by atoms with Crippen molar-refractivity contribution in [3.8, 4) is 0 Å². The van der Waals surface area contributed by atoms with Crippen molar-refractivity contribution in [2.45, 2.75) is 19.3 Å². The minimum Gasteiger partial charge on any atom is -0.356 e. The van der Waals surface area contributed by atoms with E-state index in [0.717, 1.165) is 29.0 Å². The number of hydrogen-bond donors (Lipinski definition) is 3. The van der Waals surface area contributed by atoms with E-state index in [0.29, 0.717) is 19.4 Å². The topological polar surface area (TPSA) is 86.5 Å². The zero-order valence-electron chi connectivity index (χ0n) is 11.6. The first-order valence-electron chi connectivity index (χ1n) is 6.99. The van der Waals surface area contributed by atoms with Crippen molar-refractivity contribution in [1.29, 1.82) is 0 Å². The molecule has 0 aliphatic carbocycles. The number of carbonyl (C=O) groups is 1. The number of hydrogen-bond acceptors (Lipinski definition) is 3. The summed E-state index contributed by atoms with van der Waals surface area (Å²) >= 11 is 0. The van der Waals surface area contributed by atoms with Gasteiger partial charge in [0.05, 0.1) is 17.4 Å². The standard InChI is InChI=1S/C15H17N5O/c21-15(17-8-7-11-9-16-10-18-11)6-5-14-19-12-3-1-2-4-13(12)20-14/h1-4,9-10H,5-8H2,(H,16,18)(H,17,21)(H,19,20). The van der Waals surface area contributed by atoms with Crippen molar-refractivity contribution in [1.82, 2.24) is 25.3 Å². The van der Waals surface area contributed by atoms with Crippen LogP contribution in [0.2, 0.25) is 0 Å². The highest BCUT2D eigenvalue weighted by Crippen LogP contribution is 2.11. The lowest BCUT2D eigenvalue weighted by Gasteiger charge is -2.03. The van der Waals surface area contributed by atoms with Crippen molar-refractivity contribution >= 4 is 16.9 Å². The molecule has 6 nitrogen and oxygen atoms in total. The van der Waals surface area contributed by atoms with Crippen LogP contribution in [0.5, 0.6) is 0 Å². The van der Waals surface area contributed by atoms with Crippen molar-refractivity contribution in [3.63, 3.8) is 0 Å². The maximum Gasteiger partial charge on any atom is 0.220 e. The van der Waals surface area contributed by atoms with Crippen molar-refractivity contribution in [3.05, 3.63) is 48.3 Å². The first-order valence-corrected chi connectivity index (χ1v) is 6.99. The lowest BCUT2D eigenvalue weighted by Crippen LogP contribution is -2.26. The van der Waals surface area contributed by atoms with Gasteiger partial charge in [0.15, 0.2) is 0 Å². The molecule has 0 radical (unpaired) electrons. The van der Waals surface area contributed by atoms with E-state index in [2.05, 4.69) is 25.3 Å². The molecule has 0 saturated heterocycles. The van der Waals surface area contributed by atoms with E-state index in [1.807, 2.05) is 24.3 Å². The molecule has 21 heavy (non-hydrogen) atoms. The average Bonchev–Trinajstić information content (AvgIpc) is 3.13. The number of benzene rings is 1. The number of aryl methyl sites for hydroxylation is 1. The first-order chi connectivity index (χ1) is 10.3. The number of carbonyl (C=O) groups excluding carboxylic acids is 1. The van der Waals surface area contributed by atoms with Crippen LogP contribution in [0, 0.1) is 0 Å². The third-order valence-corrected chi connectivity index (χ3v) is 3.30. The SMILES string of the molecule is O=C(CCc1nc2ccccc2[nH]1)NCCc1cnc[nH]1. The van der Waals surface area contributed by atoms with Crippen LogP contribution in [-0.2, 0) is 17.6 Å². The molecule has 0 spiro atoms. The summed E-state index contributed by atoms with van der Waals surface area (Å²) in [5.41, 5.74) is 2.96. The van der Waals surface area contributed by atoms with Gasteiger partial charge in [-0.15, -0.1) is 0 Å². The lowest BCUT2D eigenvalue weighted by atomic mass is 10.2. The van der Waals surface area contributed by atoms with Gasteiger partial charge in [-0.3, -0.25) is 4.79 Å². The summed E-state index contributed by atoms with van der Waals surface area (Å²) < 4.78 is 0. The quantitative estimate of drug-likeness (QED) is 0.642. The molecule has 0 unspecified atom stereocenters. The normalized spacial score (nSPS) is 10.9. The predicted molar refractivity (Wildman–Crippen MR) is 79.7 cm³/mol. The number of amides is 1. The minimum absolute atomic E-state index is 0.0370. The van der Waals surface area contributed by atoms with Gasteiger partial charge in [-0.1, -0.05) is 12.1 Å². The molecule has 0 fully saturated rings. The molecule has 3 N–H and O–H groups in total. The van der Waals surface area contributed by atoms with Gasteiger partial charge in [0.25, 0.3) is 0 Å². The van der Waals surface area contributed by atoms with Crippen LogP contribution in [0.15, 0.2) is 36.8 Å². The van der Waals surface area contributed by atoms with Crippen molar-refractivity contribution < 1.29 is 4.79 Å². The van der Waals surface area contributed by atoms with Gasteiger partial charge in [-0.05, 0) is 12.1 Å². The number of aromatic nitrogens is 4. The number of imidazole rings is 2. The van der Waals surface area contributed by atoms with Crippen LogP contribution in [0.25, 0.3) is 11.0 Å². The van der Waals surface area contributed by atoms with Gasteiger partial charge in [-0.25, -0.2) is 9.97 Å². The van der Waals surface area contributed by atoms with E-state index in [4.69, 9.17) is 0 Å². The summed E-state index contributed by atoms with van der Waals surface area (Å²) in [7, 11) is 0. The summed E-state index contributed by atoms with van der Waals surface area (Å²) in [4.78, 5) is 26.4. The van der Waals surface area contributed by atoms with Crippen LogP contribution >= 0.6 is 0 Å². The molecule has 0 aliphatic heterocycles. The zero-order valence-corrected chi connectivity index (χ0v) is 11.6. The summed E-state index contributed by atoms with van der Waals surface area (Å²) in [6.07, 6.45) is 5.21. The molecule has 0 aliphatic rings. The Kier molecular flexibility index (Phi) is 3.95. The Morgan fingerprint density at radius 1 is 1.24 bits per heavy atom. The van der Waals surface area contributed by atoms with Gasteiger partial charge in [-0.2, -0.15) is 0 Å². The molecule has 0 saturated carbocycles. The van der Waals surface area contributed by atoms with Crippen molar-refractivity contribution in [2.24, 2.45) is 0 Å². The van der Waals surface area contributed by atoms with E-state index in [1.54, 1.807) is 12.5 Å². The largest absolute Gasteiger partial charge is 0.356 e. The number of aromatic amines is 2. The van der Waals surface area contributed by atoms with Crippen LogP contribution < -0.4 is 5.32 Å². The molecular formula is C15H17N5O. The number of H-pyrrole nitrogens is 2. The third kappa shape index (κ3) is 3.47. The highest BCUT2D eigenvalue weighted by molar-refractivity contribution is 5.77. The summed E-state index contributed by atoms with van der Waals surface area (Å²) in [6.45, 7) is 0.612. The smallest absolute Gasteiger partial charge is 0.220 e. The second kappa shape index (κ2) is 6.21. The highest BCUT2D eigenvalue weighted by Gasteiger charge is 2.06. The fourth-order valence-corrected chi connectivity index (χ4v) is 2.20. The second-order valence-corrected chi connectivity index (χ2v) is 4.88. The van der Waals surface area contributed by atoms with Gasteiger partial charge >= 0.3 is 0 Å². The Morgan fingerprint density at radius 2 is 2.14 bits per heavy atom. The van der Waals surface area contributed by atoms with Gasteiger partial charge in [0, 0.05) is 37.7 Å². The molecule has 0 bridgehead atoms. The molecule has 0 atom stereocenters. The van der Waals surface area contributed by atoms with Crippen LogP contribution in [0.3, 0.4) is 0 Å². The molecule has 6 heteroatoms. The Hall–Kier alpha value is -2.63. The van der Waals surface area contributed by atoms with Crippen molar-refractivity contribution in [2.75, 3.05) is 6.54 Å². The summed E-state index contributed by atoms with van der Waals surface area (Å²) in [6, 6.07) is 7.86. The second-order valence-electron chi connectivity index (χ2n) is 4.88. The molecular weight excluding hydrogens is 266 g/mol. The van der Waals surface area contributed by atoms with Crippen LogP contribution in [0.1, 0.15) is 17.9 Å². The maximum atomic E-state index is 11.8. The molecule has 2 aromatic heterocycles. The molecule has 108 valence electrons. The van der Waals surface area contributed by atoms with E-state index >= 15 is 0 Å². The van der Waals surface area contributed by atoms with E-state index < -0.39 is 0 Å². The Labute approximate surface area is 122 Å². The zero-order chi connectivity index (χ0) is 14.5. The van der Waals surface area contributed by atoms with Crippen LogP contribution in [-0.4, -0.2) is 32.4 Å². The number of nitrogens with one attached hydrogen (secondary N) is 3. The summed E-state index contributed by atoms with van der Waals surface area (Å²) in [5.74, 6) is 0.884. The molecule has 3 rings (SSSR count). The average molecular weight is 283 g/mol. The first kappa shape index (κ1) is 13.4. The number of fused-ring (bicyclic) bond motifs is 1. The highest BCUT2D eigenvalue weighted by atomic mass is 16.1. The fraction of sp³-hybridized carbons (Fsp3) is 0.267. The third-order valence-electron chi connectivity index (χ3n) is 3.30. The molecule has 3 aromatic rings.